The third-order valence-electron chi connectivity index (χ3n) is 1.77. The third kappa shape index (κ3) is 3.57. The Kier molecular flexibility index (Phi) is 4.12. The van der Waals surface area contributed by atoms with E-state index in [2.05, 4.69) is 5.16 Å². The lowest BCUT2D eigenvalue weighted by Gasteiger charge is -2.16. The lowest BCUT2D eigenvalue weighted by atomic mass is 10.3. The van der Waals surface area contributed by atoms with Gasteiger partial charge in [-0.25, -0.2) is 0 Å². The van der Waals surface area contributed by atoms with E-state index < -0.39 is 5.97 Å². The molecule has 0 spiro atoms. The quantitative estimate of drug-likeness (QED) is 0.737. The first-order valence-corrected chi connectivity index (χ1v) is 4.56. The summed E-state index contributed by atoms with van der Waals surface area (Å²) < 4.78 is 4.91. The van der Waals surface area contributed by atoms with Crippen LogP contribution in [0.15, 0.2) is 16.8 Å². The molecule has 1 heterocycles. The van der Waals surface area contributed by atoms with Crippen LogP contribution in [-0.4, -0.2) is 34.2 Å². The maximum absolute atomic E-state index is 10.5. The normalized spacial score (nSPS) is 10.7. The minimum Gasteiger partial charge on any atom is -0.480 e. The predicted octanol–water partition coefficient (Wildman–Crippen LogP) is 0.971. The molecule has 0 amide bonds. The van der Waals surface area contributed by atoms with Gasteiger partial charge >= 0.3 is 5.97 Å². The molecule has 0 saturated carbocycles. The van der Waals surface area contributed by atoms with Gasteiger partial charge in [0.25, 0.3) is 0 Å². The number of aromatic nitrogens is 1. The number of carboxylic acid groups (broad SMARTS) is 1. The Morgan fingerprint density at radius 1 is 1.71 bits per heavy atom. The monoisotopic (exact) mass is 198 g/mol. The first-order chi connectivity index (χ1) is 6.72. The average Bonchev–Trinajstić information content (AvgIpc) is 2.56. The smallest absolute Gasteiger partial charge is 0.317 e. The Morgan fingerprint density at radius 2 is 2.50 bits per heavy atom. The number of aliphatic carboxylic acids is 1. The summed E-state index contributed by atoms with van der Waals surface area (Å²) in [5.41, 5.74) is 0. The molecular weight excluding hydrogens is 184 g/mol. The first kappa shape index (κ1) is 10.7. The molecule has 0 aliphatic rings. The summed E-state index contributed by atoms with van der Waals surface area (Å²) in [5, 5.41) is 12.2. The van der Waals surface area contributed by atoms with Crippen LogP contribution in [0.3, 0.4) is 0 Å². The van der Waals surface area contributed by atoms with Crippen molar-refractivity contribution in [3.8, 4) is 0 Å². The highest BCUT2D eigenvalue weighted by atomic mass is 16.5. The molecule has 1 N–H and O–H groups in total. The van der Waals surface area contributed by atoms with Gasteiger partial charge in [0.1, 0.15) is 0 Å². The summed E-state index contributed by atoms with van der Waals surface area (Å²) in [4.78, 5) is 12.3. The molecule has 1 rings (SSSR count). The molecule has 0 atom stereocenters. The van der Waals surface area contributed by atoms with E-state index in [0.29, 0.717) is 12.3 Å². The minimum absolute atomic E-state index is 0.0362. The van der Waals surface area contributed by atoms with Gasteiger partial charge in [-0.3, -0.25) is 9.69 Å². The van der Waals surface area contributed by atoms with E-state index in [4.69, 9.17) is 9.63 Å². The highest BCUT2D eigenvalue weighted by Gasteiger charge is 2.10. The molecule has 0 saturated heterocycles. The van der Waals surface area contributed by atoms with Crippen molar-refractivity contribution in [2.24, 2.45) is 0 Å². The van der Waals surface area contributed by atoms with Crippen LogP contribution in [-0.2, 0) is 11.3 Å². The maximum atomic E-state index is 10.5. The number of hydrogen-bond acceptors (Lipinski definition) is 4. The SMILES string of the molecule is CCCN(CC(=O)O)Cc1ccno1. The van der Waals surface area contributed by atoms with Gasteiger partial charge < -0.3 is 9.63 Å². The van der Waals surface area contributed by atoms with E-state index in [0.717, 1.165) is 13.0 Å². The Labute approximate surface area is 82.3 Å². The van der Waals surface area contributed by atoms with Gasteiger partial charge in [-0.05, 0) is 13.0 Å². The Morgan fingerprint density at radius 3 is 3.00 bits per heavy atom. The standard InChI is InChI=1S/C9H14N2O3/c1-2-5-11(7-9(12)13)6-8-3-4-10-14-8/h3-4H,2,5-7H2,1H3,(H,12,13). The molecule has 0 aromatic carbocycles. The van der Waals surface area contributed by atoms with Crippen molar-refractivity contribution in [2.45, 2.75) is 19.9 Å². The summed E-state index contributed by atoms with van der Waals surface area (Å²) >= 11 is 0. The number of nitrogens with zero attached hydrogens (tertiary/aromatic N) is 2. The molecule has 1 aromatic heterocycles. The Balaban J connectivity index is 2.46. The lowest BCUT2D eigenvalue weighted by Crippen LogP contribution is -2.29. The number of rotatable bonds is 6. The van der Waals surface area contributed by atoms with Gasteiger partial charge in [-0.2, -0.15) is 0 Å². The van der Waals surface area contributed by atoms with E-state index in [-0.39, 0.29) is 6.54 Å². The van der Waals surface area contributed by atoms with Crippen LogP contribution in [0, 0.1) is 0 Å². The van der Waals surface area contributed by atoms with Gasteiger partial charge in [0.2, 0.25) is 0 Å². The van der Waals surface area contributed by atoms with Crippen LogP contribution < -0.4 is 0 Å². The van der Waals surface area contributed by atoms with E-state index in [1.807, 2.05) is 11.8 Å². The van der Waals surface area contributed by atoms with Crippen LogP contribution >= 0.6 is 0 Å². The number of carbonyl (C=O) groups is 1. The predicted molar refractivity (Wildman–Crippen MR) is 49.7 cm³/mol. The fraction of sp³-hybridized carbons (Fsp3) is 0.556. The van der Waals surface area contributed by atoms with Crippen molar-refractivity contribution in [2.75, 3.05) is 13.1 Å². The summed E-state index contributed by atoms with van der Waals surface area (Å²) in [6, 6.07) is 1.74. The molecule has 0 unspecified atom stereocenters. The van der Waals surface area contributed by atoms with Crippen molar-refractivity contribution < 1.29 is 14.4 Å². The molecule has 5 nitrogen and oxygen atoms in total. The van der Waals surface area contributed by atoms with Gasteiger partial charge in [0.15, 0.2) is 5.76 Å². The third-order valence-corrected chi connectivity index (χ3v) is 1.77. The van der Waals surface area contributed by atoms with E-state index in [9.17, 15) is 4.79 Å². The molecule has 0 aliphatic heterocycles. The lowest BCUT2D eigenvalue weighted by molar-refractivity contribution is -0.138. The molecule has 0 aliphatic carbocycles. The fourth-order valence-electron chi connectivity index (χ4n) is 1.27. The summed E-state index contributed by atoms with van der Waals surface area (Å²) in [6.07, 6.45) is 2.47. The van der Waals surface area contributed by atoms with Crippen molar-refractivity contribution in [1.82, 2.24) is 10.1 Å². The van der Waals surface area contributed by atoms with Crippen LogP contribution in [0.2, 0.25) is 0 Å². The first-order valence-electron chi connectivity index (χ1n) is 4.56. The van der Waals surface area contributed by atoms with Gasteiger partial charge in [-0.15, -0.1) is 0 Å². The summed E-state index contributed by atoms with van der Waals surface area (Å²) in [6.45, 7) is 3.29. The molecular formula is C9H14N2O3. The zero-order valence-corrected chi connectivity index (χ0v) is 8.14. The average molecular weight is 198 g/mol. The van der Waals surface area contributed by atoms with E-state index >= 15 is 0 Å². The summed E-state index contributed by atoms with van der Waals surface area (Å²) in [5.74, 6) is -0.127. The zero-order valence-electron chi connectivity index (χ0n) is 8.14. The Bertz CT molecular complexity index is 272. The molecule has 5 heteroatoms. The van der Waals surface area contributed by atoms with Gasteiger partial charge in [0.05, 0.1) is 19.3 Å². The van der Waals surface area contributed by atoms with Crippen molar-refractivity contribution >= 4 is 5.97 Å². The number of hydrogen-bond donors (Lipinski definition) is 1. The highest BCUT2D eigenvalue weighted by molar-refractivity contribution is 5.69. The van der Waals surface area contributed by atoms with Crippen LogP contribution in [0.1, 0.15) is 19.1 Å². The number of carboxylic acids is 1. The minimum atomic E-state index is -0.821. The molecule has 0 fully saturated rings. The largest absolute Gasteiger partial charge is 0.480 e. The summed E-state index contributed by atoms with van der Waals surface area (Å²) in [7, 11) is 0. The van der Waals surface area contributed by atoms with Crippen LogP contribution in [0.5, 0.6) is 0 Å². The second-order valence-corrected chi connectivity index (χ2v) is 3.08. The van der Waals surface area contributed by atoms with Crippen molar-refractivity contribution in [1.29, 1.82) is 0 Å². The van der Waals surface area contributed by atoms with Crippen molar-refractivity contribution in [3.05, 3.63) is 18.0 Å². The van der Waals surface area contributed by atoms with Crippen LogP contribution in [0.4, 0.5) is 0 Å². The molecule has 14 heavy (non-hydrogen) atoms. The second kappa shape index (κ2) is 5.39. The second-order valence-electron chi connectivity index (χ2n) is 3.08. The Hall–Kier alpha value is -1.36. The van der Waals surface area contributed by atoms with Crippen molar-refractivity contribution in [3.63, 3.8) is 0 Å². The maximum Gasteiger partial charge on any atom is 0.317 e. The van der Waals surface area contributed by atoms with Crippen LogP contribution in [0.25, 0.3) is 0 Å². The topological polar surface area (TPSA) is 66.6 Å². The molecule has 78 valence electrons. The van der Waals surface area contributed by atoms with Gasteiger partial charge in [-0.1, -0.05) is 12.1 Å². The van der Waals surface area contributed by atoms with E-state index in [1.54, 1.807) is 12.3 Å². The molecule has 1 aromatic rings. The highest BCUT2D eigenvalue weighted by Crippen LogP contribution is 2.03. The van der Waals surface area contributed by atoms with Gasteiger partial charge in [0, 0.05) is 6.07 Å². The molecule has 0 bridgehead atoms. The zero-order chi connectivity index (χ0) is 10.4. The fourth-order valence-corrected chi connectivity index (χ4v) is 1.27. The molecule has 0 radical (unpaired) electrons. The van der Waals surface area contributed by atoms with E-state index in [1.165, 1.54) is 0 Å².